The molecule has 29 heavy (non-hydrogen) atoms. The molecule has 0 saturated carbocycles. The van der Waals surface area contributed by atoms with Crippen molar-refractivity contribution in [1.29, 1.82) is 0 Å². The van der Waals surface area contributed by atoms with E-state index in [-0.39, 0.29) is 23.1 Å². The first-order chi connectivity index (χ1) is 14.0. The van der Waals surface area contributed by atoms with E-state index in [0.29, 0.717) is 22.9 Å². The smallest absolute Gasteiger partial charge is 0.294 e. The molecule has 4 N–H and O–H groups in total. The molecule has 2 aromatic heterocycles. The van der Waals surface area contributed by atoms with Gasteiger partial charge in [-0.3, -0.25) is 20.0 Å². The summed E-state index contributed by atoms with van der Waals surface area (Å²) >= 11 is 1.05. The van der Waals surface area contributed by atoms with E-state index in [1.54, 1.807) is 12.1 Å². The molecule has 0 aliphatic rings. The molecule has 13 heteroatoms. The minimum absolute atomic E-state index is 0.0177. The summed E-state index contributed by atoms with van der Waals surface area (Å²) < 4.78 is 5.24. The molecule has 0 aliphatic heterocycles. The van der Waals surface area contributed by atoms with Crippen LogP contribution in [0, 0.1) is 0 Å². The van der Waals surface area contributed by atoms with E-state index in [0.717, 1.165) is 11.3 Å². The van der Waals surface area contributed by atoms with Crippen molar-refractivity contribution in [3.05, 3.63) is 40.9 Å². The number of hydrazone groups is 1. The second kappa shape index (κ2) is 9.36. The van der Waals surface area contributed by atoms with Gasteiger partial charge >= 0.3 is 0 Å². The van der Waals surface area contributed by atoms with Crippen LogP contribution in [0.5, 0.6) is 11.5 Å². The number of aromatic amines is 1. The Hall–Kier alpha value is -3.87. The summed E-state index contributed by atoms with van der Waals surface area (Å²) in [5.41, 5.74) is 2.94. The Kier molecular flexibility index (Phi) is 6.42. The second-order valence-electron chi connectivity index (χ2n) is 5.42. The summed E-state index contributed by atoms with van der Waals surface area (Å²) in [7, 11) is 0. The van der Waals surface area contributed by atoms with Gasteiger partial charge in [-0.15, -0.1) is 10.2 Å². The van der Waals surface area contributed by atoms with E-state index in [2.05, 4.69) is 41.2 Å². The van der Waals surface area contributed by atoms with Gasteiger partial charge in [-0.2, -0.15) is 10.2 Å². The molecule has 12 nitrogen and oxygen atoms in total. The van der Waals surface area contributed by atoms with Crippen LogP contribution in [0.4, 0.5) is 5.13 Å². The van der Waals surface area contributed by atoms with E-state index < -0.39 is 11.8 Å². The number of benzene rings is 1. The second-order valence-corrected chi connectivity index (χ2v) is 6.48. The Morgan fingerprint density at radius 1 is 1.38 bits per heavy atom. The predicted molar refractivity (Wildman–Crippen MR) is 103 cm³/mol. The number of rotatable bonds is 8. The summed E-state index contributed by atoms with van der Waals surface area (Å²) in [6, 6.07) is 4.77. The number of hydrogen-bond acceptors (Lipinski definition) is 10. The number of hydrogen-bond donors (Lipinski definition) is 4. The fourth-order valence-corrected chi connectivity index (χ4v) is 2.83. The molecule has 0 fully saturated rings. The lowest BCUT2D eigenvalue weighted by molar-refractivity contribution is -0.120. The standard InChI is InChI=1S/C16H16N8O4S/c1-2-28-11-4-3-9(5-10(11)25)7-18-21-12(26)6-13-22-24-16(29-13)20-15(27)14-17-8-19-23-14/h3-5,7-8,25H,2,6H2,1H3,(H,21,26)(H,17,19,23)(H,20,24,27)/b18-7-. The normalized spacial score (nSPS) is 10.8. The van der Waals surface area contributed by atoms with Crippen molar-refractivity contribution >= 4 is 34.5 Å². The fraction of sp³-hybridized carbons (Fsp3) is 0.188. The Labute approximate surface area is 168 Å². The maximum Gasteiger partial charge on any atom is 0.294 e. The van der Waals surface area contributed by atoms with Crippen LogP contribution in [-0.4, -0.2) is 55.1 Å². The predicted octanol–water partition coefficient (Wildman–Crippen LogP) is 0.706. The van der Waals surface area contributed by atoms with Gasteiger partial charge in [0.15, 0.2) is 11.5 Å². The van der Waals surface area contributed by atoms with E-state index in [1.807, 2.05) is 6.92 Å². The molecular weight excluding hydrogens is 400 g/mol. The average molecular weight is 416 g/mol. The van der Waals surface area contributed by atoms with Crippen molar-refractivity contribution in [3.8, 4) is 11.5 Å². The number of phenols is 1. The summed E-state index contributed by atoms with van der Waals surface area (Å²) in [5, 5.41) is 30.4. The third-order valence-corrected chi connectivity index (χ3v) is 4.15. The van der Waals surface area contributed by atoms with Gasteiger partial charge < -0.3 is 9.84 Å². The first-order valence-electron chi connectivity index (χ1n) is 8.32. The molecular formula is C16H16N8O4S. The highest BCUT2D eigenvalue weighted by atomic mass is 32.1. The van der Waals surface area contributed by atoms with Crippen LogP contribution in [0.25, 0.3) is 0 Å². The van der Waals surface area contributed by atoms with Gasteiger partial charge in [0, 0.05) is 0 Å². The number of carbonyl (C=O) groups excluding carboxylic acids is 2. The lowest BCUT2D eigenvalue weighted by atomic mass is 10.2. The molecule has 2 amide bonds. The lowest BCUT2D eigenvalue weighted by Gasteiger charge is -2.05. The molecule has 0 saturated heterocycles. The highest BCUT2D eigenvalue weighted by Gasteiger charge is 2.14. The highest BCUT2D eigenvalue weighted by Crippen LogP contribution is 2.26. The van der Waals surface area contributed by atoms with Crippen molar-refractivity contribution in [2.45, 2.75) is 13.3 Å². The molecule has 0 unspecified atom stereocenters. The van der Waals surface area contributed by atoms with Crippen molar-refractivity contribution in [1.82, 2.24) is 30.8 Å². The van der Waals surface area contributed by atoms with Crippen LogP contribution in [0.15, 0.2) is 29.6 Å². The molecule has 0 aliphatic carbocycles. The first-order valence-corrected chi connectivity index (χ1v) is 9.13. The van der Waals surface area contributed by atoms with E-state index >= 15 is 0 Å². The van der Waals surface area contributed by atoms with Crippen LogP contribution in [0.2, 0.25) is 0 Å². The molecule has 1 aromatic carbocycles. The summed E-state index contributed by atoms with van der Waals surface area (Å²) in [4.78, 5) is 27.5. The number of nitrogens with zero attached hydrogens (tertiary/aromatic N) is 5. The number of ether oxygens (including phenoxy) is 1. The number of amides is 2. The molecule has 0 atom stereocenters. The quantitative estimate of drug-likeness (QED) is 0.307. The number of aromatic hydroxyl groups is 1. The maximum absolute atomic E-state index is 12.0. The zero-order valence-corrected chi connectivity index (χ0v) is 15.9. The van der Waals surface area contributed by atoms with E-state index in [1.165, 1.54) is 18.6 Å². The summed E-state index contributed by atoms with van der Waals surface area (Å²) in [6.45, 7) is 2.25. The van der Waals surface area contributed by atoms with Gasteiger partial charge in [0.05, 0.1) is 19.2 Å². The molecule has 2 heterocycles. The third-order valence-electron chi connectivity index (χ3n) is 3.31. The monoisotopic (exact) mass is 416 g/mol. The molecule has 3 aromatic rings. The minimum Gasteiger partial charge on any atom is -0.504 e. The summed E-state index contributed by atoms with van der Waals surface area (Å²) in [5.74, 6) is -0.542. The number of carbonyl (C=O) groups is 2. The SMILES string of the molecule is CCOc1ccc(/C=N\NC(=O)Cc2nnc(NC(=O)c3ncn[nH]3)s2)cc1O. The Balaban J connectivity index is 1.49. The van der Waals surface area contributed by atoms with Crippen LogP contribution < -0.4 is 15.5 Å². The highest BCUT2D eigenvalue weighted by molar-refractivity contribution is 7.15. The van der Waals surface area contributed by atoms with Crippen LogP contribution in [-0.2, 0) is 11.2 Å². The molecule has 0 radical (unpaired) electrons. The topological polar surface area (TPSA) is 167 Å². The first kappa shape index (κ1) is 19.9. The number of nitrogens with one attached hydrogen (secondary N) is 3. The Morgan fingerprint density at radius 3 is 2.97 bits per heavy atom. The number of phenolic OH excluding ortho intramolecular Hbond substituents is 1. The third kappa shape index (κ3) is 5.55. The van der Waals surface area contributed by atoms with Crippen LogP contribution in [0.3, 0.4) is 0 Å². The van der Waals surface area contributed by atoms with Crippen LogP contribution >= 0.6 is 11.3 Å². The van der Waals surface area contributed by atoms with Gasteiger partial charge in [0.1, 0.15) is 11.3 Å². The Morgan fingerprint density at radius 2 is 2.24 bits per heavy atom. The largest absolute Gasteiger partial charge is 0.504 e. The fourth-order valence-electron chi connectivity index (χ4n) is 2.09. The molecule has 0 spiro atoms. The zero-order valence-electron chi connectivity index (χ0n) is 15.1. The molecule has 3 rings (SSSR count). The Bertz CT molecular complexity index is 1020. The number of anilines is 1. The van der Waals surface area contributed by atoms with Crippen molar-refractivity contribution in [2.75, 3.05) is 11.9 Å². The van der Waals surface area contributed by atoms with Crippen LogP contribution in [0.1, 0.15) is 28.1 Å². The number of aromatic nitrogens is 5. The maximum atomic E-state index is 12.0. The lowest BCUT2D eigenvalue weighted by Crippen LogP contribution is -2.19. The van der Waals surface area contributed by atoms with Crippen molar-refractivity contribution < 1.29 is 19.4 Å². The van der Waals surface area contributed by atoms with Gasteiger partial charge in [-0.25, -0.2) is 10.4 Å². The van der Waals surface area contributed by atoms with Gasteiger partial charge in [-0.1, -0.05) is 11.3 Å². The van der Waals surface area contributed by atoms with E-state index in [9.17, 15) is 14.7 Å². The molecule has 150 valence electrons. The van der Waals surface area contributed by atoms with Gasteiger partial charge in [0.25, 0.3) is 5.91 Å². The molecule has 0 bridgehead atoms. The zero-order chi connectivity index (χ0) is 20.6. The summed E-state index contributed by atoms with van der Waals surface area (Å²) in [6.07, 6.45) is 2.53. The van der Waals surface area contributed by atoms with E-state index in [4.69, 9.17) is 4.74 Å². The van der Waals surface area contributed by atoms with Gasteiger partial charge in [-0.05, 0) is 30.7 Å². The van der Waals surface area contributed by atoms with Gasteiger partial charge in [0.2, 0.25) is 16.9 Å². The minimum atomic E-state index is -0.516. The van der Waals surface area contributed by atoms with Crippen molar-refractivity contribution in [2.24, 2.45) is 5.10 Å². The average Bonchev–Trinajstić information content (AvgIpc) is 3.36. The number of H-pyrrole nitrogens is 1. The van der Waals surface area contributed by atoms with Crippen molar-refractivity contribution in [3.63, 3.8) is 0 Å².